The number of benzene rings is 2. The summed E-state index contributed by atoms with van der Waals surface area (Å²) in [6.45, 7) is 3.26. The van der Waals surface area contributed by atoms with Gasteiger partial charge in [-0.2, -0.15) is 18.3 Å². The number of hydrogen-bond acceptors (Lipinski definition) is 6. The van der Waals surface area contributed by atoms with Crippen molar-refractivity contribution >= 4 is 17.7 Å². The van der Waals surface area contributed by atoms with Gasteiger partial charge in [0.15, 0.2) is 0 Å². The fourth-order valence-electron chi connectivity index (χ4n) is 3.58. The number of nitrogens with two attached hydrogens (primary N) is 1. The number of anilines is 1. The van der Waals surface area contributed by atoms with Crippen LogP contribution < -0.4 is 10.5 Å². The van der Waals surface area contributed by atoms with Gasteiger partial charge in [-0.05, 0) is 79.9 Å². The molecule has 3 aromatic rings. The number of carboxylic acid groups (broad SMARTS) is 1. The van der Waals surface area contributed by atoms with E-state index in [2.05, 4.69) is 10.2 Å². The van der Waals surface area contributed by atoms with Gasteiger partial charge in [-0.25, -0.2) is 9.18 Å². The predicted octanol–water partition coefficient (Wildman–Crippen LogP) is 4.95. The van der Waals surface area contributed by atoms with E-state index in [9.17, 15) is 22.4 Å². The summed E-state index contributed by atoms with van der Waals surface area (Å²) in [7, 11) is 0. The van der Waals surface area contributed by atoms with E-state index in [1.165, 1.54) is 12.1 Å². The summed E-state index contributed by atoms with van der Waals surface area (Å²) in [5, 5.41) is 15.4. The SMILES string of the molecule is Cc1cc(C2CCN(C(=O)c3ccc(Oc4ccc(F)cc4)cc3)CC2)nnc1N.O=C(O)C(F)(F)F. The Labute approximate surface area is 209 Å². The van der Waals surface area contributed by atoms with Crippen molar-refractivity contribution in [3.63, 3.8) is 0 Å². The molecule has 1 aromatic heterocycles. The fourth-order valence-corrected chi connectivity index (χ4v) is 3.58. The molecular weight excluding hydrogens is 496 g/mol. The van der Waals surface area contributed by atoms with Gasteiger partial charge in [0.1, 0.15) is 23.1 Å². The molecular formula is C25H24F4N4O4. The molecule has 4 rings (SSSR count). The van der Waals surface area contributed by atoms with Crippen LogP contribution in [0.1, 0.15) is 40.4 Å². The molecule has 0 bridgehead atoms. The monoisotopic (exact) mass is 520 g/mol. The molecule has 37 heavy (non-hydrogen) atoms. The van der Waals surface area contributed by atoms with E-state index in [-0.39, 0.29) is 17.6 Å². The number of ether oxygens (including phenoxy) is 1. The standard InChI is InChI=1S/C23H23FN4O2.C2HF3O2/c1-15-14-21(26-27-22(15)25)16-10-12-28(13-11-16)23(29)17-2-6-19(7-3-17)30-20-8-4-18(24)5-9-20;3-2(4,5)1(6)7/h2-9,14,16H,10-13H2,1H3,(H2,25,27);(H,6,7). The zero-order valence-corrected chi connectivity index (χ0v) is 19.7. The van der Waals surface area contributed by atoms with Gasteiger partial charge in [-0.15, -0.1) is 5.10 Å². The van der Waals surface area contributed by atoms with Crippen LogP contribution in [0.25, 0.3) is 0 Å². The highest BCUT2D eigenvalue weighted by molar-refractivity contribution is 5.94. The number of likely N-dealkylation sites (tertiary alicyclic amines) is 1. The number of aliphatic carboxylic acids is 1. The van der Waals surface area contributed by atoms with Crippen LogP contribution in [0.4, 0.5) is 23.4 Å². The van der Waals surface area contributed by atoms with E-state index in [0.29, 0.717) is 36.0 Å². The van der Waals surface area contributed by atoms with Gasteiger partial charge < -0.3 is 20.5 Å². The Bertz CT molecular complexity index is 1230. The second-order valence-electron chi connectivity index (χ2n) is 8.29. The van der Waals surface area contributed by atoms with E-state index < -0.39 is 12.1 Å². The van der Waals surface area contributed by atoms with Crippen LogP contribution in [-0.2, 0) is 4.79 Å². The first kappa shape index (κ1) is 27.4. The number of nitrogen functional groups attached to an aromatic ring is 1. The topological polar surface area (TPSA) is 119 Å². The van der Waals surface area contributed by atoms with Gasteiger partial charge in [0.25, 0.3) is 5.91 Å². The Morgan fingerprint density at radius 3 is 2.00 bits per heavy atom. The van der Waals surface area contributed by atoms with E-state index in [0.717, 1.165) is 24.1 Å². The first-order valence-corrected chi connectivity index (χ1v) is 11.2. The number of aromatic nitrogens is 2. The lowest BCUT2D eigenvalue weighted by Gasteiger charge is -2.31. The van der Waals surface area contributed by atoms with Crippen molar-refractivity contribution in [1.82, 2.24) is 15.1 Å². The summed E-state index contributed by atoms with van der Waals surface area (Å²) in [6, 6.07) is 14.8. The van der Waals surface area contributed by atoms with Crippen LogP contribution in [-0.4, -0.2) is 51.3 Å². The number of rotatable bonds is 4. The van der Waals surface area contributed by atoms with Crippen molar-refractivity contribution in [3.05, 3.63) is 77.2 Å². The molecule has 0 radical (unpaired) electrons. The summed E-state index contributed by atoms with van der Waals surface area (Å²) >= 11 is 0. The predicted molar refractivity (Wildman–Crippen MR) is 126 cm³/mol. The minimum absolute atomic E-state index is 0.00125. The molecule has 1 aliphatic heterocycles. The minimum Gasteiger partial charge on any atom is -0.475 e. The number of aryl methyl sites for hydroxylation is 1. The van der Waals surface area contributed by atoms with Crippen molar-refractivity contribution in [3.8, 4) is 11.5 Å². The van der Waals surface area contributed by atoms with E-state index >= 15 is 0 Å². The Morgan fingerprint density at radius 2 is 1.51 bits per heavy atom. The molecule has 2 aromatic carbocycles. The first-order valence-electron chi connectivity index (χ1n) is 11.2. The van der Waals surface area contributed by atoms with Gasteiger partial charge >= 0.3 is 12.1 Å². The number of carboxylic acids is 1. The number of alkyl halides is 3. The average molecular weight is 520 g/mol. The molecule has 1 saturated heterocycles. The highest BCUT2D eigenvalue weighted by Gasteiger charge is 2.38. The molecule has 0 saturated carbocycles. The number of amides is 1. The molecule has 0 atom stereocenters. The first-order chi connectivity index (χ1) is 17.4. The molecule has 196 valence electrons. The highest BCUT2D eigenvalue weighted by Crippen LogP contribution is 2.29. The van der Waals surface area contributed by atoms with Crippen LogP contribution in [0.5, 0.6) is 11.5 Å². The number of piperidine rings is 1. The Morgan fingerprint density at radius 1 is 1.00 bits per heavy atom. The normalized spacial score (nSPS) is 13.9. The molecule has 1 fully saturated rings. The van der Waals surface area contributed by atoms with Gasteiger partial charge in [0, 0.05) is 24.6 Å². The average Bonchev–Trinajstić information content (AvgIpc) is 2.87. The van der Waals surface area contributed by atoms with Crippen LogP contribution in [0.3, 0.4) is 0 Å². The van der Waals surface area contributed by atoms with Crippen LogP contribution in [0, 0.1) is 12.7 Å². The Balaban J connectivity index is 0.000000479. The molecule has 1 aliphatic rings. The number of halogens is 4. The molecule has 1 amide bonds. The number of nitrogens with zero attached hydrogens (tertiary/aromatic N) is 3. The summed E-state index contributed by atoms with van der Waals surface area (Å²) in [6.07, 6.45) is -3.40. The van der Waals surface area contributed by atoms with Gasteiger partial charge in [-0.1, -0.05) is 0 Å². The molecule has 0 aliphatic carbocycles. The zero-order chi connectivity index (χ0) is 27.2. The van der Waals surface area contributed by atoms with Gasteiger partial charge in [0.05, 0.1) is 5.69 Å². The molecule has 3 N–H and O–H groups in total. The third-order valence-corrected chi connectivity index (χ3v) is 5.64. The highest BCUT2D eigenvalue weighted by atomic mass is 19.4. The van der Waals surface area contributed by atoms with Crippen LogP contribution in [0.15, 0.2) is 54.6 Å². The van der Waals surface area contributed by atoms with Gasteiger partial charge in [0.2, 0.25) is 0 Å². The lowest BCUT2D eigenvalue weighted by molar-refractivity contribution is -0.192. The van der Waals surface area contributed by atoms with Crippen molar-refractivity contribution in [2.75, 3.05) is 18.8 Å². The minimum atomic E-state index is -5.08. The smallest absolute Gasteiger partial charge is 0.475 e. The van der Waals surface area contributed by atoms with E-state index in [4.69, 9.17) is 20.4 Å². The lowest BCUT2D eigenvalue weighted by Crippen LogP contribution is -2.38. The quantitative estimate of drug-likeness (QED) is 0.467. The Kier molecular flexibility index (Phi) is 8.64. The van der Waals surface area contributed by atoms with E-state index in [1.807, 2.05) is 17.9 Å². The fraction of sp³-hybridized carbons (Fsp3) is 0.280. The Hall–Kier alpha value is -4.22. The summed E-state index contributed by atoms with van der Waals surface area (Å²) in [4.78, 5) is 23.6. The molecule has 0 spiro atoms. The number of hydrogen-bond donors (Lipinski definition) is 2. The lowest BCUT2D eigenvalue weighted by atomic mass is 9.92. The van der Waals surface area contributed by atoms with Crippen molar-refractivity contribution in [1.29, 1.82) is 0 Å². The van der Waals surface area contributed by atoms with E-state index in [1.54, 1.807) is 36.4 Å². The van der Waals surface area contributed by atoms with Crippen molar-refractivity contribution in [2.24, 2.45) is 0 Å². The summed E-state index contributed by atoms with van der Waals surface area (Å²) in [5.41, 5.74) is 8.24. The second-order valence-corrected chi connectivity index (χ2v) is 8.29. The van der Waals surface area contributed by atoms with Crippen LogP contribution in [0.2, 0.25) is 0 Å². The summed E-state index contributed by atoms with van der Waals surface area (Å²) in [5.74, 6) is -1.20. The molecule has 12 heteroatoms. The largest absolute Gasteiger partial charge is 0.490 e. The van der Waals surface area contributed by atoms with Crippen LogP contribution >= 0.6 is 0 Å². The van der Waals surface area contributed by atoms with Crippen molar-refractivity contribution in [2.45, 2.75) is 31.9 Å². The maximum Gasteiger partial charge on any atom is 0.490 e. The van der Waals surface area contributed by atoms with Gasteiger partial charge in [-0.3, -0.25) is 4.79 Å². The molecule has 8 nitrogen and oxygen atoms in total. The maximum absolute atomic E-state index is 13.0. The molecule has 2 heterocycles. The number of carbonyl (C=O) groups excluding carboxylic acids is 1. The second kappa shape index (κ2) is 11.7. The zero-order valence-electron chi connectivity index (χ0n) is 19.7. The summed E-state index contributed by atoms with van der Waals surface area (Å²) < 4.78 is 50.4. The number of carbonyl (C=O) groups is 2. The third kappa shape index (κ3) is 7.63. The third-order valence-electron chi connectivity index (χ3n) is 5.64. The van der Waals surface area contributed by atoms with Crippen molar-refractivity contribution < 1.29 is 37.0 Å². The maximum atomic E-state index is 13.0. The molecule has 0 unspecified atom stereocenters.